The van der Waals surface area contributed by atoms with E-state index in [0.29, 0.717) is 24.5 Å². The van der Waals surface area contributed by atoms with Gasteiger partial charge in [-0.15, -0.1) is 0 Å². The number of aromatic nitrogens is 2. The van der Waals surface area contributed by atoms with Crippen molar-refractivity contribution in [1.82, 2.24) is 24.7 Å². The van der Waals surface area contributed by atoms with Crippen LogP contribution in [0.15, 0.2) is 36.9 Å². The number of nitrogens with zero attached hydrogens (tertiary/aromatic N) is 5. The van der Waals surface area contributed by atoms with E-state index in [1.807, 2.05) is 12.4 Å². The molecule has 168 valence electrons. The Morgan fingerprint density at radius 1 is 1.06 bits per heavy atom. The van der Waals surface area contributed by atoms with E-state index in [1.54, 1.807) is 6.33 Å². The Morgan fingerprint density at radius 2 is 1.94 bits per heavy atom. The summed E-state index contributed by atoms with van der Waals surface area (Å²) in [5, 5.41) is 0. The first-order chi connectivity index (χ1) is 15.7. The van der Waals surface area contributed by atoms with Gasteiger partial charge in [-0.1, -0.05) is 31.5 Å². The molecule has 1 amide bonds. The number of hydrogen-bond acceptors (Lipinski definition) is 5. The Labute approximate surface area is 190 Å². The van der Waals surface area contributed by atoms with Crippen LogP contribution in [0.3, 0.4) is 0 Å². The van der Waals surface area contributed by atoms with Crippen LogP contribution in [0.1, 0.15) is 43.7 Å². The van der Waals surface area contributed by atoms with Crippen molar-refractivity contribution >= 4 is 5.91 Å². The topological polar surface area (TPSA) is 52.6 Å². The van der Waals surface area contributed by atoms with Gasteiger partial charge in [0.05, 0.1) is 6.54 Å². The van der Waals surface area contributed by atoms with Crippen molar-refractivity contribution in [2.24, 2.45) is 5.92 Å². The third-order valence-corrected chi connectivity index (χ3v) is 8.40. The third kappa shape index (κ3) is 3.63. The number of amides is 1. The summed E-state index contributed by atoms with van der Waals surface area (Å²) in [7, 11) is 0. The highest BCUT2D eigenvalue weighted by molar-refractivity contribution is 5.79. The van der Waals surface area contributed by atoms with Crippen LogP contribution in [0.2, 0.25) is 0 Å². The van der Waals surface area contributed by atoms with E-state index < -0.39 is 0 Å². The highest BCUT2D eigenvalue weighted by atomic mass is 16.2. The van der Waals surface area contributed by atoms with Crippen molar-refractivity contribution in [3.63, 3.8) is 0 Å². The van der Waals surface area contributed by atoms with Crippen LogP contribution in [0, 0.1) is 5.92 Å². The molecule has 1 saturated carbocycles. The summed E-state index contributed by atoms with van der Waals surface area (Å²) in [4.78, 5) is 28.8. The molecule has 6 rings (SSSR count). The molecule has 2 unspecified atom stereocenters. The largest absolute Gasteiger partial charge is 0.336 e. The summed E-state index contributed by atoms with van der Waals surface area (Å²) in [6.07, 6.45) is 11.6. The van der Waals surface area contributed by atoms with E-state index in [-0.39, 0.29) is 0 Å². The molecule has 0 radical (unpaired) electrons. The summed E-state index contributed by atoms with van der Waals surface area (Å²) in [6, 6.07) is 8.43. The van der Waals surface area contributed by atoms with E-state index in [0.717, 1.165) is 50.1 Å². The molecule has 3 aliphatic heterocycles. The molecule has 4 atom stereocenters. The Hall–Kier alpha value is -2.31. The van der Waals surface area contributed by atoms with Gasteiger partial charge >= 0.3 is 0 Å². The lowest BCUT2D eigenvalue weighted by molar-refractivity contribution is -0.135. The molecule has 2 aromatic rings. The average molecular weight is 432 g/mol. The van der Waals surface area contributed by atoms with Gasteiger partial charge in [-0.2, -0.15) is 0 Å². The summed E-state index contributed by atoms with van der Waals surface area (Å²) in [5.74, 6) is 1.15. The Kier molecular flexibility index (Phi) is 5.22. The lowest BCUT2D eigenvalue weighted by Gasteiger charge is -2.40. The molecule has 4 aliphatic rings. The standard InChI is InChI=1S/C26H33N5O/c1-18-3-2-4-25(18)30-14-24-10-23(30)15-31(24)26(32)16-29-8-7-20-9-19(5-6-21(20)13-29)22-11-27-17-28-12-22/h5-6,9,11-12,17-18,23-25H,2-4,7-8,10,13-16H2,1H3/t18?,23-,24-,25?/m1/s1. The van der Waals surface area contributed by atoms with Crippen LogP contribution >= 0.6 is 0 Å². The molecule has 1 aromatic heterocycles. The maximum atomic E-state index is 13.2. The zero-order chi connectivity index (χ0) is 21.7. The van der Waals surface area contributed by atoms with Gasteiger partial charge in [0.15, 0.2) is 0 Å². The Balaban J connectivity index is 1.07. The minimum atomic E-state index is 0.332. The smallest absolute Gasteiger partial charge is 0.237 e. The second kappa shape index (κ2) is 8.23. The van der Waals surface area contributed by atoms with Crippen molar-refractivity contribution in [1.29, 1.82) is 0 Å². The average Bonchev–Trinajstić information content (AvgIpc) is 3.55. The third-order valence-electron chi connectivity index (χ3n) is 8.40. The van der Waals surface area contributed by atoms with Gasteiger partial charge in [0.2, 0.25) is 5.91 Å². The predicted molar refractivity (Wildman–Crippen MR) is 124 cm³/mol. The summed E-state index contributed by atoms with van der Waals surface area (Å²) >= 11 is 0. The van der Waals surface area contributed by atoms with E-state index in [4.69, 9.17) is 0 Å². The number of piperazine rings is 1. The highest BCUT2D eigenvalue weighted by Crippen LogP contribution is 2.39. The number of carbonyl (C=O) groups excluding carboxylic acids is 1. The first kappa shape index (κ1) is 20.3. The van der Waals surface area contributed by atoms with Crippen LogP contribution in [-0.2, 0) is 17.8 Å². The monoisotopic (exact) mass is 431 g/mol. The van der Waals surface area contributed by atoms with Gasteiger partial charge in [-0.05, 0) is 48.3 Å². The second-order valence-electron chi connectivity index (χ2n) is 10.3. The van der Waals surface area contributed by atoms with Crippen LogP contribution in [0.4, 0.5) is 0 Å². The Morgan fingerprint density at radius 3 is 2.69 bits per heavy atom. The first-order valence-corrected chi connectivity index (χ1v) is 12.3. The lowest BCUT2D eigenvalue weighted by Crippen LogP contribution is -2.54. The van der Waals surface area contributed by atoms with Gasteiger partial charge < -0.3 is 4.90 Å². The molecular formula is C26H33N5O. The molecule has 4 heterocycles. The van der Waals surface area contributed by atoms with Gasteiger partial charge in [-0.3, -0.25) is 14.6 Å². The van der Waals surface area contributed by atoms with Gasteiger partial charge in [0.25, 0.3) is 0 Å². The molecular weight excluding hydrogens is 398 g/mol. The van der Waals surface area contributed by atoms with Crippen LogP contribution in [0.5, 0.6) is 0 Å². The zero-order valence-corrected chi connectivity index (χ0v) is 19.0. The maximum absolute atomic E-state index is 13.2. The van der Waals surface area contributed by atoms with Crippen LogP contribution in [0.25, 0.3) is 11.1 Å². The number of hydrogen-bond donors (Lipinski definition) is 0. The van der Waals surface area contributed by atoms with Crippen molar-refractivity contribution in [2.45, 2.75) is 63.7 Å². The molecule has 2 saturated heterocycles. The number of fused-ring (bicyclic) bond motifs is 3. The summed E-state index contributed by atoms with van der Waals surface area (Å²) in [5.41, 5.74) is 4.95. The van der Waals surface area contributed by atoms with Crippen LogP contribution in [-0.4, -0.2) is 74.9 Å². The van der Waals surface area contributed by atoms with Gasteiger partial charge in [0, 0.05) is 62.3 Å². The molecule has 0 N–H and O–H groups in total. The number of rotatable bonds is 4. The van der Waals surface area contributed by atoms with E-state index in [9.17, 15) is 4.79 Å². The van der Waals surface area contributed by atoms with Gasteiger partial charge in [-0.25, -0.2) is 9.97 Å². The summed E-state index contributed by atoms with van der Waals surface area (Å²) < 4.78 is 0. The molecule has 0 spiro atoms. The second-order valence-corrected chi connectivity index (χ2v) is 10.3. The fourth-order valence-electron chi connectivity index (χ4n) is 6.68. The fourth-order valence-corrected chi connectivity index (χ4v) is 6.68. The fraction of sp³-hybridized carbons (Fsp3) is 0.577. The van der Waals surface area contributed by atoms with Gasteiger partial charge in [0.1, 0.15) is 6.33 Å². The van der Waals surface area contributed by atoms with Crippen molar-refractivity contribution in [3.05, 3.63) is 48.0 Å². The first-order valence-electron chi connectivity index (χ1n) is 12.3. The maximum Gasteiger partial charge on any atom is 0.237 e. The van der Waals surface area contributed by atoms with E-state index in [1.165, 1.54) is 42.4 Å². The van der Waals surface area contributed by atoms with Crippen LogP contribution < -0.4 is 0 Å². The minimum Gasteiger partial charge on any atom is -0.336 e. The number of likely N-dealkylation sites (tertiary alicyclic amines) is 2. The number of benzene rings is 1. The normalized spacial score (nSPS) is 30.1. The molecule has 6 nitrogen and oxygen atoms in total. The van der Waals surface area contributed by atoms with Crippen molar-refractivity contribution in [2.75, 3.05) is 26.2 Å². The quantitative estimate of drug-likeness (QED) is 0.745. The molecule has 1 aliphatic carbocycles. The molecule has 1 aromatic carbocycles. The lowest BCUT2D eigenvalue weighted by atomic mass is 9.95. The molecule has 2 bridgehead atoms. The van der Waals surface area contributed by atoms with E-state index >= 15 is 0 Å². The summed E-state index contributed by atoms with van der Waals surface area (Å²) in [6.45, 7) is 6.81. The Bertz CT molecular complexity index is 995. The zero-order valence-electron chi connectivity index (χ0n) is 19.0. The molecule has 6 heteroatoms. The molecule has 3 fully saturated rings. The minimum absolute atomic E-state index is 0.332. The predicted octanol–water partition coefficient (Wildman–Crippen LogP) is 2.98. The van der Waals surface area contributed by atoms with Crippen molar-refractivity contribution < 1.29 is 4.79 Å². The SMILES string of the molecule is CC1CCCC1N1C[C@H]2C[C@@H]1CN2C(=O)CN1CCc2cc(-c3cncnc3)ccc2C1. The molecule has 32 heavy (non-hydrogen) atoms. The number of carbonyl (C=O) groups is 1. The van der Waals surface area contributed by atoms with Crippen molar-refractivity contribution in [3.8, 4) is 11.1 Å². The highest BCUT2D eigenvalue weighted by Gasteiger charge is 2.48. The van der Waals surface area contributed by atoms with E-state index in [2.05, 4.69) is 49.8 Å².